The number of aliphatic hydroxyl groups excluding tert-OH is 1. The summed E-state index contributed by atoms with van der Waals surface area (Å²) in [6.45, 7) is 2.06. The minimum Gasteiger partial charge on any atom is -0.481 e. The van der Waals surface area contributed by atoms with Gasteiger partial charge in [0.1, 0.15) is 0 Å². The molecule has 29 heavy (non-hydrogen) atoms. The van der Waals surface area contributed by atoms with Gasteiger partial charge in [0.2, 0.25) is 0 Å². The van der Waals surface area contributed by atoms with Crippen molar-refractivity contribution in [1.29, 1.82) is 0 Å². The van der Waals surface area contributed by atoms with E-state index in [0.717, 1.165) is 25.7 Å². The van der Waals surface area contributed by atoms with Gasteiger partial charge >= 0.3 is 5.97 Å². The molecular weight excluding hydrogens is 360 g/mol. The summed E-state index contributed by atoms with van der Waals surface area (Å²) in [6.07, 6.45) is 28.6. The Kier molecular flexibility index (Phi) is 23.2. The number of aliphatic hydroxyl groups is 1. The maximum absolute atomic E-state index is 10.4. The number of hydrogen-bond acceptors (Lipinski definition) is 2. The van der Waals surface area contributed by atoms with Crippen molar-refractivity contribution in [3.8, 4) is 0 Å². The van der Waals surface area contributed by atoms with Gasteiger partial charge in [0.25, 0.3) is 0 Å². The Bertz CT molecular complexity index is 330. The van der Waals surface area contributed by atoms with Gasteiger partial charge in [-0.05, 0) is 19.3 Å². The first kappa shape index (κ1) is 28.4. The molecule has 0 aliphatic rings. The second-order valence-electron chi connectivity index (χ2n) is 9.07. The van der Waals surface area contributed by atoms with Crippen molar-refractivity contribution in [3.63, 3.8) is 0 Å². The van der Waals surface area contributed by atoms with E-state index in [1.807, 2.05) is 0 Å². The molecule has 0 aromatic rings. The first-order valence-corrected chi connectivity index (χ1v) is 13.1. The Labute approximate surface area is 182 Å². The largest absolute Gasteiger partial charge is 0.481 e. The zero-order valence-corrected chi connectivity index (χ0v) is 19.6. The van der Waals surface area contributed by atoms with Crippen molar-refractivity contribution in [2.75, 3.05) is 0 Å². The van der Waals surface area contributed by atoms with Gasteiger partial charge in [0.05, 0.1) is 6.10 Å². The quantitative estimate of drug-likeness (QED) is 0.156. The van der Waals surface area contributed by atoms with Crippen LogP contribution >= 0.6 is 0 Å². The van der Waals surface area contributed by atoms with E-state index >= 15 is 0 Å². The summed E-state index contributed by atoms with van der Waals surface area (Å²) < 4.78 is 0. The normalized spacial score (nSPS) is 12.3. The third kappa shape index (κ3) is 25.4. The minimum absolute atomic E-state index is 0.0666. The van der Waals surface area contributed by atoms with E-state index in [1.165, 1.54) is 116 Å². The third-order valence-electron chi connectivity index (χ3n) is 6.15. The molecule has 1 atom stereocenters. The van der Waals surface area contributed by atoms with E-state index in [0.29, 0.717) is 6.42 Å². The second-order valence-corrected chi connectivity index (χ2v) is 9.07. The lowest BCUT2D eigenvalue weighted by Gasteiger charge is -2.06. The summed E-state index contributed by atoms with van der Waals surface area (Å²) in [5.41, 5.74) is 0. The SMILES string of the molecule is CCC(O)CCCCCCCCCCCCCCCCCCCCCCC(=O)O. The van der Waals surface area contributed by atoms with Crippen molar-refractivity contribution in [3.05, 3.63) is 0 Å². The zero-order valence-electron chi connectivity index (χ0n) is 19.6. The van der Waals surface area contributed by atoms with E-state index in [9.17, 15) is 9.90 Å². The Morgan fingerprint density at radius 2 is 0.828 bits per heavy atom. The fraction of sp³-hybridized carbons (Fsp3) is 0.962. The van der Waals surface area contributed by atoms with Crippen LogP contribution in [0.2, 0.25) is 0 Å². The van der Waals surface area contributed by atoms with Crippen LogP contribution in [0.3, 0.4) is 0 Å². The number of aliphatic carboxylic acids is 1. The smallest absolute Gasteiger partial charge is 0.303 e. The highest BCUT2D eigenvalue weighted by Gasteiger charge is 2.00. The zero-order chi connectivity index (χ0) is 21.4. The number of rotatable bonds is 24. The van der Waals surface area contributed by atoms with Crippen LogP contribution in [0.15, 0.2) is 0 Å². The highest BCUT2D eigenvalue weighted by Crippen LogP contribution is 2.15. The number of unbranched alkanes of at least 4 members (excludes halogenated alkanes) is 19. The standard InChI is InChI=1S/C26H52O3/c1-2-25(27)23-21-19-17-15-13-11-9-7-5-3-4-6-8-10-12-14-16-18-20-22-24-26(28)29/h25,27H,2-24H2,1H3,(H,28,29). The summed E-state index contributed by atoms with van der Waals surface area (Å²) in [7, 11) is 0. The summed E-state index contributed by atoms with van der Waals surface area (Å²) in [6, 6.07) is 0. The van der Waals surface area contributed by atoms with Crippen molar-refractivity contribution in [2.45, 2.75) is 161 Å². The predicted molar refractivity (Wildman–Crippen MR) is 126 cm³/mol. The van der Waals surface area contributed by atoms with Crippen LogP contribution in [-0.4, -0.2) is 22.3 Å². The number of hydrogen-bond donors (Lipinski definition) is 2. The van der Waals surface area contributed by atoms with Gasteiger partial charge in [-0.2, -0.15) is 0 Å². The maximum atomic E-state index is 10.4. The molecule has 0 aromatic heterocycles. The molecule has 0 radical (unpaired) electrons. The van der Waals surface area contributed by atoms with Crippen LogP contribution in [0.25, 0.3) is 0 Å². The predicted octanol–water partition coefficient (Wildman–Crippen LogP) is 8.42. The van der Waals surface area contributed by atoms with Crippen LogP contribution in [0.4, 0.5) is 0 Å². The molecule has 0 saturated heterocycles. The van der Waals surface area contributed by atoms with Gasteiger partial charge in [-0.3, -0.25) is 4.79 Å². The molecule has 0 aliphatic heterocycles. The lowest BCUT2D eigenvalue weighted by Crippen LogP contribution is -2.03. The van der Waals surface area contributed by atoms with E-state index in [4.69, 9.17) is 5.11 Å². The average molecular weight is 413 g/mol. The van der Waals surface area contributed by atoms with Gasteiger partial charge < -0.3 is 10.2 Å². The van der Waals surface area contributed by atoms with Crippen LogP contribution in [0.1, 0.15) is 155 Å². The highest BCUT2D eigenvalue weighted by atomic mass is 16.4. The molecule has 3 heteroatoms. The van der Waals surface area contributed by atoms with E-state index in [1.54, 1.807) is 0 Å². The molecule has 0 bridgehead atoms. The fourth-order valence-corrected chi connectivity index (χ4v) is 4.04. The first-order chi connectivity index (χ1) is 14.2. The van der Waals surface area contributed by atoms with Gasteiger partial charge in [-0.1, -0.05) is 129 Å². The number of carboxylic acid groups (broad SMARTS) is 1. The average Bonchev–Trinajstić information content (AvgIpc) is 2.71. The lowest BCUT2D eigenvalue weighted by molar-refractivity contribution is -0.137. The van der Waals surface area contributed by atoms with E-state index in [-0.39, 0.29) is 6.10 Å². The summed E-state index contributed by atoms with van der Waals surface area (Å²) >= 11 is 0. The monoisotopic (exact) mass is 412 g/mol. The Morgan fingerprint density at radius 1 is 0.552 bits per heavy atom. The highest BCUT2D eigenvalue weighted by molar-refractivity contribution is 5.66. The lowest BCUT2D eigenvalue weighted by atomic mass is 10.0. The minimum atomic E-state index is -0.656. The van der Waals surface area contributed by atoms with Crippen molar-refractivity contribution in [2.24, 2.45) is 0 Å². The van der Waals surface area contributed by atoms with Crippen LogP contribution in [0.5, 0.6) is 0 Å². The summed E-state index contributed by atoms with van der Waals surface area (Å²) in [5, 5.41) is 18.1. The molecule has 174 valence electrons. The first-order valence-electron chi connectivity index (χ1n) is 13.1. The second kappa shape index (κ2) is 23.7. The molecule has 0 aliphatic carbocycles. The number of carbonyl (C=O) groups is 1. The molecule has 0 spiro atoms. The molecule has 0 fully saturated rings. The Morgan fingerprint density at radius 3 is 1.10 bits per heavy atom. The van der Waals surface area contributed by atoms with Gasteiger partial charge in [0.15, 0.2) is 0 Å². The summed E-state index contributed by atoms with van der Waals surface area (Å²) in [4.78, 5) is 10.4. The Balaban J connectivity index is 3.02. The van der Waals surface area contributed by atoms with Gasteiger partial charge in [-0.25, -0.2) is 0 Å². The van der Waals surface area contributed by atoms with E-state index in [2.05, 4.69) is 6.92 Å². The molecule has 0 saturated carbocycles. The molecule has 0 rings (SSSR count). The molecule has 0 aromatic carbocycles. The van der Waals surface area contributed by atoms with Gasteiger partial charge in [0, 0.05) is 6.42 Å². The van der Waals surface area contributed by atoms with Crippen molar-refractivity contribution in [1.82, 2.24) is 0 Å². The maximum Gasteiger partial charge on any atom is 0.303 e. The molecule has 1 unspecified atom stereocenters. The van der Waals surface area contributed by atoms with Crippen molar-refractivity contribution >= 4 is 5.97 Å². The van der Waals surface area contributed by atoms with Crippen LogP contribution in [0, 0.1) is 0 Å². The molecule has 0 amide bonds. The van der Waals surface area contributed by atoms with Gasteiger partial charge in [-0.15, -0.1) is 0 Å². The molecule has 0 heterocycles. The molecule has 2 N–H and O–H groups in total. The van der Waals surface area contributed by atoms with Crippen LogP contribution in [-0.2, 0) is 4.79 Å². The third-order valence-corrected chi connectivity index (χ3v) is 6.15. The fourth-order valence-electron chi connectivity index (χ4n) is 4.04. The molecule has 3 nitrogen and oxygen atoms in total. The Hall–Kier alpha value is -0.570. The number of carboxylic acids is 1. The molecular formula is C26H52O3. The topological polar surface area (TPSA) is 57.5 Å². The van der Waals surface area contributed by atoms with Crippen LogP contribution < -0.4 is 0 Å². The van der Waals surface area contributed by atoms with E-state index < -0.39 is 5.97 Å². The van der Waals surface area contributed by atoms with Crippen molar-refractivity contribution < 1.29 is 15.0 Å². The summed E-state index contributed by atoms with van der Waals surface area (Å²) in [5.74, 6) is -0.656.